The summed E-state index contributed by atoms with van der Waals surface area (Å²) < 4.78 is 10.9. The molecule has 25 heavy (non-hydrogen) atoms. The highest BCUT2D eigenvalue weighted by Crippen LogP contribution is 2.25. The van der Waals surface area contributed by atoms with E-state index in [-0.39, 0.29) is 5.91 Å². The van der Waals surface area contributed by atoms with Gasteiger partial charge in [-0.1, -0.05) is 5.16 Å². The van der Waals surface area contributed by atoms with Crippen molar-refractivity contribution in [3.05, 3.63) is 41.0 Å². The number of carbonyl (C=O) groups excluding carboxylic acids is 1. The summed E-state index contributed by atoms with van der Waals surface area (Å²) in [6.45, 7) is 3.05. The Balaban J connectivity index is 1.36. The lowest BCUT2D eigenvalue weighted by Crippen LogP contribution is -2.26. The molecule has 1 fully saturated rings. The molecule has 1 saturated heterocycles. The number of nitrogens with one attached hydrogen (secondary N) is 2. The lowest BCUT2D eigenvalue weighted by molar-refractivity contribution is 0.0941. The number of piperidine rings is 1. The number of fused-ring (bicyclic) bond motifs is 1. The summed E-state index contributed by atoms with van der Waals surface area (Å²) in [5, 5.41) is 10.4. The van der Waals surface area contributed by atoms with Crippen LogP contribution in [-0.4, -0.2) is 35.7 Å². The predicted octanol–water partition coefficient (Wildman–Crippen LogP) is 1.79. The number of nitrogens with zero attached hydrogens (tertiary/aromatic N) is 2. The normalized spacial score (nSPS) is 17.6. The first-order valence-electron chi connectivity index (χ1n) is 8.86. The van der Waals surface area contributed by atoms with Crippen LogP contribution in [0.4, 0.5) is 0 Å². The largest absolute Gasteiger partial charge is 0.492 e. The fraction of sp³-hybridized carbons (Fsp3) is 0.500. The Morgan fingerprint density at radius 3 is 3.08 bits per heavy atom. The monoisotopic (exact) mass is 342 g/mol. The SMILES string of the molecule is O=C(NCc1cc(C2CCNCC2)no1)c1cc2c(cn1)OCCC2. The zero-order valence-corrected chi connectivity index (χ0v) is 14.1. The number of amides is 1. The molecular formula is C18H22N4O3. The van der Waals surface area contributed by atoms with Gasteiger partial charge in [0.15, 0.2) is 5.76 Å². The van der Waals surface area contributed by atoms with Crippen LogP contribution in [0.1, 0.15) is 52.7 Å². The van der Waals surface area contributed by atoms with Crippen LogP contribution in [0.15, 0.2) is 22.9 Å². The fourth-order valence-electron chi connectivity index (χ4n) is 3.36. The number of pyridine rings is 1. The summed E-state index contributed by atoms with van der Waals surface area (Å²) in [6.07, 6.45) is 5.65. The number of aryl methyl sites for hydroxylation is 1. The average Bonchev–Trinajstić information content (AvgIpc) is 3.15. The Morgan fingerprint density at radius 2 is 2.20 bits per heavy atom. The summed E-state index contributed by atoms with van der Waals surface area (Å²) in [4.78, 5) is 16.5. The van der Waals surface area contributed by atoms with Crippen LogP contribution in [0.5, 0.6) is 5.75 Å². The van der Waals surface area contributed by atoms with Crippen molar-refractivity contribution < 1.29 is 14.1 Å². The third-order valence-electron chi connectivity index (χ3n) is 4.79. The molecule has 2 aromatic rings. The molecule has 4 heterocycles. The van der Waals surface area contributed by atoms with Crippen LogP contribution < -0.4 is 15.4 Å². The van der Waals surface area contributed by atoms with Crippen molar-refractivity contribution in [2.75, 3.05) is 19.7 Å². The number of rotatable bonds is 4. The lowest BCUT2D eigenvalue weighted by atomic mass is 9.95. The molecule has 0 radical (unpaired) electrons. The highest BCUT2D eigenvalue weighted by molar-refractivity contribution is 5.92. The van der Waals surface area contributed by atoms with E-state index in [0.717, 1.165) is 55.8 Å². The third-order valence-corrected chi connectivity index (χ3v) is 4.79. The van der Waals surface area contributed by atoms with Gasteiger partial charge in [0.1, 0.15) is 11.4 Å². The first-order valence-corrected chi connectivity index (χ1v) is 8.86. The van der Waals surface area contributed by atoms with Gasteiger partial charge in [-0.2, -0.15) is 0 Å². The second-order valence-electron chi connectivity index (χ2n) is 6.55. The predicted molar refractivity (Wildman–Crippen MR) is 90.6 cm³/mol. The quantitative estimate of drug-likeness (QED) is 0.881. The molecule has 0 unspecified atom stereocenters. The van der Waals surface area contributed by atoms with Crippen molar-refractivity contribution in [1.82, 2.24) is 20.8 Å². The minimum absolute atomic E-state index is 0.215. The molecule has 0 spiro atoms. The first-order chi connectivity index (χ1) is 12.3. The van der Waals surface area contributed by atoms with E-state index in [1.807, 2.05) is 12.1 Å². The van der Waals surface area contributed by atoms with E-state index < -0.39 is 0 Å². The topological polar surface area (TPSA) is 89.3 Å². The van der Waals surface area contributed by atoms with E-state index in [1.165, 1.54) is 0 Å². The second kappa shape index (κ2) is 7.23. The average molecular weight is 342 g/mol. The van der Waals surface area contributed by atoms with Gasteiger partial charge < -0.3 is 19.9 Å². The van der Waals surface area contributed by atoms with Gasteiger partial charge in [0.25, 0.3) is 5.91 Å². The van der Waals surface area contributed by atoms with Gasteiger partial charge in [-0.3, -0.25) is 4.79 Å². The van der Waals surface area contributed by atoms with Gasteiger partial charge in [-0.05, 0) is 50.4 Å². The molecule has 0 aliphatic carbocycles. The van der Waals surface area contributed by atoms with E-state index in [0.29, 0.717) is 30.5 Å². The van der Waals surface area contributed by atoms with Gasteiger partial charge in [0.05, 0.1) is 25.0 Å². The highest BCUT2D eigenvalue weighted by Gasteiger charge is 2.20. The lowest BCUT2D eigenvalue weighted by Gasteiger charge is -2.19. The molecule has 0 saturated carbocycles. The summed E-state index contributed by atoms with van der Waals surface area (Å²) >= 11 is 0. The number of hydrogen-bond acceptors (Lipinski definition) is 6. The van der Waals surface area contributed by atoms with E-state index in [1.54, 1.807) is 6.20 Å². The standard InChI is InChI=1S/C18H22N4O3/c23-18(16-8-13-2-1-7-24-17(13)11-20-16)21-10-14-9-15(22-25-14)12-3-5-19-6-4-12/h8-9,11-12,19H,1-7,10H2,(H,21,23). The molecule has 0 bridgehead atoms. The number of carbonyl (C=O) groups is 1. The van der Waals surface area contributed by atoms with Gasteiger partial charge in [-0.15, -0.1) is 0 Å². The molecule has 2 N–H and O–H groups in total. The minimum Gasteiger partial charge on any atom is -0.492 e. The molecule has 0 atom stereocenters. The Morgan fingerprint density at radius 1 is 1.32 bits per heavy atom. The highest BCUT2D eigenvalue weighted by atomic mass is 16.5. The Kier molecular flexibility index (Phi) is 4.65. The summed E-state index contributed by atoms with van der Waals surface area (Å²) in [6, 6.07) is 3.76. The summed E-state index contributed by atoms with van der Waals surface area (Å²) in [5.74, 6) is 1.68. The molecule has 7 nitrogen and oxygen atoms in total. The van der Waals surface area contributed by atoms with E-state index in [2.05, 4.69) is 20.8 Å². The first kappa shape index (κ1) is 16.1. The van der Waals surface area contributed by atoms with Crippen LogP contribution >= 0.6 is 0 Å². The minimum atomic E-state index is -0.215. The van der Waals surface area contributed by atoms with Gasteiger partial charge >= 0.3 is 0 Å². The van der Waals surface area contributed by atoms with Crippen LogP contribution in [0, 0.1) is 0 Å². The zero-order valence-electron chi connectivity index (χ0n) is 14.1. The van der Waals surface area contributed by atoms with E-state index in [4.69, 9.17) is 9.26 Å². The smallest absolute Gasteiger partial charge is 0.270 e. The number of hydrogen-bond donors (Lipinski definition) is 2. The van der Waals surface area contributed by atoms with Crippen LogP contribution in [-0.2, 0) is 13.0 Å². The van der Waals surface area contributed by atoms with Crippen molar-refractivity contribution in [1.29, 1.82) is 0 Å². The van der Waals surface area contributed by atoms with E-state index >= 15 is 0 Å². The van der Waals surface area contributed by atoms with Gasteiger partial charge in [0, 0.05) is 12.0 Å². The molecule has 0 aromatic carbocycles. The molecule has 1 amide bonds. The maximum absolute atomic E-state index is 12.3. The van der Waals surface area contributed by atoms with Crippen molar-refractivity contribution in [3.8, 4) is 5.75 Å². The number of aromatic nitrogens is 2. The van der Waals surface area contributed by atoms with Crippen molar-refractivity contribution in [2.45, 2.75) is 38.1 Å². The maximum atomic E-state index is 12.3. The van der Waals surface area contributed by atoms with Crippen LogP contribution in [0.2, 0.25) is 0 Å². The van der Waals surface area contributed by atoms with Gasteiger partial charge in [-0.25, -0.2) is 4.98 Å². The molecule has 132 valence electrons. The van der Waals surface area contributed by atoms with Crippen LogP contribution in [0.3, 0.4) is 0 Å². The Hall–Kier alpha value is -2.41. The molecule has 2 aromatic heterocycles. The Labute approximate surface area is 146 Å². The maximum Gasteiger partial charge on any atom is 0.270 e. The Bertz CT molecular complexity index is 753. The number of ether oxygens (including phenoxy) is 1. The van der Waals surface area contributed by atoms with Crippen molar-refractivity contribution in [2.24, 2.45) is 0 Å². The van der Waals surface area contributed by atoms with Gasteiger partial charge in [0.2, 0.25) is 0 Å². The molecule has 7 heteroatoms. The molecule has 4 rings (SSSR count). The molecular weight excluding hydrogens is 320 g/mol. The third kappa shape index (κ3) is 3.66. The fourth-order valence-corrected chi connectivity index (χ4v) is 3.36. The molecule has 2 aliphatic heterocycles. The second-order valence-corrected chi connectivity index (χ2v) is 6.55. The van der Waals surface area contributed by atoms with E-state index in [9.17, 15) is 4.79 Å². The van der Waals surface area contributed by atoms with Crippen LogP contribution in [0.25, 0.3) is 0 Å². The van der Waals surface area contributed by atoms with Crippen molar-refractivity contribution >= 4 is 5.91 Å². The summed E-state index contributed by atoms with van der Waals surface area (Å²) in [7, 11) is 0. The molecule has 2 aliphatic rings. The van der Waals surface area contributed by atoms with Crippen molar-refractivity contribution in [3.63, 3.8) is 0 Å². The zero-order chi connectivity index (χ0) is 17.1. The summed E-state index contributed by atoms with van der Waals surface area (Å²) in [5.41, 5.74) is 2.43.